The molecule has 0 aliphatic carbocycles. The maximum atomic E-state index is 13.4. The number of pyridine rings is 1. The normalized spacial score (nSPS) is 12.3. The highest BCUT2D eigenvalue weighted by atomic mass is 32.2. The molecule has 0 fully saturated rings. The maximum absolute atomic E-state index is 13.4. The van der Waals surface area contributed by atoms with Crippen LogP contribution in [0.4, 0.5) is 4.39 Å². The van der Waals surface area contributed by atoms with Gasteiger partial charge in [0.15, 0.2) is 5.82 Å². The third-order valence-corrected chi connectivity index (χ3v) is 4.03. The number of nitrogens with zero attached hydrogens (tertiary/aromatic N) is 2. The summed E-state index contributed by atoms with van der Waals surface area (Å²) in [6, 6.07) is 2.41. The van der Waals surface area contributed by atoms with E-state index in [1.54, 1.807) is 0 Å². The first-order valence-electron chi connectivity index (χ1n) is 5.54. The molecule has 1 aromatic rings. The van der Waals surface area contributed by atoms with Crippen molar-refractivity contribution < 1.29 is 17.5 Å². The van der Waals surface area contributed by atoms with E-state index >= 15 is 0 Å². The smallest absolute Gasteiger partial charge is 0.263 e. The standard InChI is InChI=1S/C11H17FN2O3S/c1-9(2)17-8-7-14(3)18(15,16)11-10(12)5-4-6-13-11/h4-6,9H,7-8H2,1-3H3. The molecule has 0 N–H and O–H groups in total. The predicted octanol–water partition coefficient (Wildman–Crippen LogP) is 1.27. The van der Waals surface area contributed by atoms with Crippen LogP contribution in [-0.4, -0.2) is 44.0 Å². The summed E-state index contributed by atoms with van der Waals surface area (Å²) in [5.41, 5.74) is 0. The van der Waals surface area contributed by atoms with Crippen LogP contribution < -0.4 is 0 Å². The number of hydrogen-bond acceptors (Lipinski definition) is 4. The Hall–Kier alpha value is -1.05. The zero-order chi connectivity index (χ0) is 13.8. The largest absolute Gasteiger partial charge is 0.377 e. The van der Waals surface area contributed by atoms with Crippen LogP contribution in [0.5, 0.6) is 0 Å². The van der Waals surface area contributed by atoms with Gasteiger partial charge in [-0.1, -0.05) is 0 Å². The third kappa shape index (κ3) is 3.72. The van der Waals surface area contributed by atoms with Gasteiger partial charge < -0.3 is 4.74 Å². The zero-order valence-corrected chi connectivity index (χ0v) is 11.4. The summed E-state index contributed by atoms with van der Waals surface area (Å²) in [6.45, 7) is 4.11. The van der Waals surface area contributed by atoms with Crippen molar-refractivity contribution in [3.05, 3.63) is 24.1 Å². The molecule has 0 aliphatic rings. The van der Waals surface area contributed by atoms with E-state index in [1.165, 1.54) is 19.3 Å². The maximum Gasteiger partial charge on any atom is 0.263 e. The lowest BCUT2D eigenvalue weighted by molar-refractivity contribution is 0.0736. The molecule has 0 saturated carbocycles. The van der Waals surface area contributed by atoms with Crippen molar-refractivity contribution in [3.8, 4) is 0 Å². The number of halogens is 1. The summed E-state index contributed by atoms with van der Waals surface area (Å²) < 4.78 is 43.7. The van der Waals surface area contributed by atoms with Gasteiger partial charge in [-0.05, 0) is 26.0 Å². The summed E-state index contributed by atoms with van der Waals surface area (Å²) >= 11 is 0. The summed E-state index contributed by atoms with van der Waals surface area (Å²) in [5, 5.41) is -0.558. The number of ether oxygens (including phenoxy) is 1. The van der Waals surface area contributed by atoms with Gasteiger partial charge in [-0.25, -0.2) is 17.8 Å². The monoisotopic (exact) mass is 276 g/mol. The average molecular weight is 276 g/mol. The van der Waals surface area contributed by atoms with E-state index in [0.717, 1.165) is 10.4 Å². The van der Waals surface area contributed by atoms with Crippen molar-refractivity contribution >= 4 is 10.0 Å². The second kappa shape index (κ2) is 6.21. The molecule has 5 nitrogen and oxygen atoms in total. The Bertz CT molecular complexity index is 491. The molecule has 0 atom stereocenters. The molecule has 0 amide bonds. The van der Waals surface area contributed by atoms with E-state index in [-0.39, 0.29) is 19.3 Å². The van der Waals surface area contributed by atoms with Crippen molar-refractivity contribution in [3.63, 3.8) is 0 Å². The van der Waals surface area contributed by atoms with Crippen LogP contribution in [0.1, 0.15) is 13.8 Å². The Morgan fingerprint density at radius 3 is 2.72 bits per heavy atom. The highest BCUT2D eigenvalue weighted by Crippen LogP contribution is 2.14. The van der Waals surface area contributed by atoms with Crippen molar-refractivity contribution in [1.82, 2.24) is 9.29 Å². The van der Waals surface area contributed by atoms with Crippen molar-refractivity contribution in [1.29, 1.82) is 0 Å². The molecular formula is C11H17FN2O3S. The van der Waals surface area contributed by atoms with E-state index in [0.29, 0.717) is 0 Å². The third-order valence-electron chi connectivity index (χ3n) is 2.24. The molecular weight excluding hydrogens is 259 g/mol. The number of aromatic nitrogens is 1. The zero-order valence-electron chi connectivity index (χ0n) is 10.6. The van der Waals surface area contributed by atoms with Crippen LogP contribution in [0, 0.1) is 5.82 Å². The topological polar surface area (TPSA) is 59.5 Å². The van der Waals surface area contributed by atoms with E-state index < -0.39 is 20.9 Å². The molecule has 0 saturated heterocycles. The van der Waals surface area contributed by atoms with Gasteiger partial charge in [0.2, 0.25) is 5.03 Å². The van der Waals surface area contributed by atoms with Crippen LogP contribution in [0.3, 0.4) is 0 Å². The van der Waals surface area contributed by atoms with Crippen molar-refractivity contribution in [2.75, 3.05) is 20.2 Å². The second-order valence-corrected chi connectivity index (χ2v) is 6.00. The summed E-state index contributed by atoms with van der Waals surface area (Å²) in [6.07, 6.45) is 1.27. The molecule has 0 spiro atoms. The quantitative estimate of drug-likeness (QED) is 0.785. The van der Waals surface area contributed by atoms with Crippen molar-refractivity contribution in [2.45, 2.75) is 25.0 Å². The molecule has 0 radical (unpaired) electrons. The van der Waals surface area contributed by atoms with Gasteiger partial charge in [-0.3, -0.25) is 0 Å². The number of likely N-dealkylation sites (N-methyl/N-ethyl adjacent to an activating group) is 1. The molecule has 102 valence electrons. The Balaban J connectivity index is 2.78. The molecule has 18 heavy (non-hydrogen) atoms. The van der Waals surface area contributed by atoms with E-state index in [2.05, 4.69) is 4.98 Å². The van der Waals surface area contributed by atoms with Gasteiger partial charge in [-0.2, -0.15) is 4.31 Å². The highest BCUT2D eigenvalue weighted by Gasteiger charge is 2.25. The van der Waals surface area contributed by atoms with Gasteiger partial charge in [0.1, 0.15) is 0 Å². The second-order valence-electron chi connectivity index (χ2n) is 4.04. The summed E-state index contributed by atoms with van der Waals surface area (Å²) in [7, 11) is -2.53. The lowest BCUT2D eigenvalue weighted by Crippen LogP contribution is -2.32. The van der Waals surface area contributed by atoms with Crippen LogP contribution in [-0.2, 0) is 14.8 Å². The fourth-order valence-corrected chi connectivity index (χ4v) is 2.36. The van der Waals surface area contributed by atoms with Gasteiger partial charge in [0.25, 0.3) is 10.0 Å². The average Bonchev–Trinajstić information content (AvgIpc) is 2.28. The Labute approximate surface area is 107 Å². The number of rotatable bonds is 6. The fraction of sp³-hybridized carbons (Fsp3) is 0.545. The SMILES string of the molecule is CC(C)OCCN(C)S(=O)(=O)c1ncccc1F. The van der Waals surface area contributed by atoms with Crippen LogP contribution in [0.15, 0.2) is 23.4 Å². The minimum Gasteiger partial charge on any atom is -0.377 e. The first-order valence-corrected chi connectivity index (χ1v) is 6.98. The molecule has 1 rings (SSSR count). The molecule has 1 aromatic heterocycles. The summed E-state index contributed by atoms with van der Waals surface area (Å²) in [5.74, 6) is -0.853. The Morgan fingerprint density at radius 1 is 1.50 bits per heavy atom. The first kappa shape index (κ1) is 15.0. The van der Waals surface area contributed by atoms with Crippen LogP contribution in [0.25, 0.3) is 0 Å². The highest BCUT2D eigenvalue weighted by molar-refractivity contribution is 7.89. The first-order chi connectivity index (χ1) is 8.35. The lowest BCUT2D eigenvalue weighted by Gasteiger charge is -2.17. The van der Waals surface area contributed by atoms with Crippen LogP contribution in [0.2, 0.25) is 0 Å². The predicted molar refractivity (Wildman–Crippen MR) is 65.1 cm³/mol. The van der Waals surface area contributed by atoms with Gasteiger partial charge >= 0.3 is 0 Å². The molecule has 0 bridgehead atoms. The molecule has 0 aliphatic heterocycles. The molecule has 7 heteroatoms. The molecule has 1 heterocycles. The van der Waals surface area contributed by atoms with Gasteiger partial charge in [-0.15, -0.1) is 0 Å². The lowest BCUT2D eigenvalue weighted by atomic mass is 10.5. The van der Waals surface area contributed by atoms with Gasteiger partial charge in [0, 0.05) is 19.8 Å². The van der Waals surface area contributed by atoms with E-state index in [9.17, 15) is 12.8 Å². The Morgan fingerprint density at radius 2 is 2.17 bits per heavy atom. The Kier molecular flexibility index (Phi) is 5.18. The van der Waals surface area contributed by atoms with Crippen LogP contribution >= 0.6 is 0 Å². The summed E-state index contributed by atoms with van der Waals surface area (Å²) in [4.78, 5) is 3.57. The minimum atomic E-state index is -3.90. The molecule has 0 aromatic carbocycles. The van der Waals surface area contributed by atoms with E-state index in [1.807, 2.05) is 13.8 Å². The number of hydrogen-bond donors (Lipinski definition) is 0. The van der Waals surface area contributed by atoms with Gasteiger partial charge in [0.05, 0.1) is 12.7 Å². The minimum absolute atomic E-state index is 0.0210. The van der Waals surface area contributed by atoms with E-state index in [4.69, 9.17) is 4.74 Å². The van der Waals surface area contributed by atoms with Crippen molar-refractivity contribution in [2.24, 2.45) is 0 Å². The molecule has 0 unspecified atom stereocenters. The number of sulfonamides is 1. The fourth-order valence-electron chi connectivity index (χ4n) is 1.25.